The van der Waals surface area contributed by atoms with E-state index in [2.05, 4.69) is 17.0 Å². The monoisotopic (exact) mass is 181 g/mol. The van der Waals surface area contributed by atoms with Crippen molar-refractivity contribution < 1.29 is 9.84 Å². The van der Waals surface area contributed by atoms with Crippen LogP contribution in [-0.4, -0.2) is 16.3 Å². The highest BCUT2D eigenvalue weighted by Crippen LogP contribution is 2.03. The van der Waals surface area contributed by atoms with Gasteiger partial charge in [0.15, 0.2) is 6.07 Å². The molecule has 1 aliphatic rings. The van der Waals surface area contributed by atoms with Gasteiger partial charge in [0.2, 0.25) is 0 Å². The topological polar surface area (TPSA) is 73.2 Å². The molecule has 0 unspecified atom stereocenters. The molecular weight excluding hydrogens is 170 g/mol. The van der Waals surface area contributed by atoms with Crippen LogP contribution >= 0.6 is 0 Å². The quantitative estimate of drug-likeness (QED) is 0.472. The van der Waals surface area contributed by atoms with Gasteiger partial charge in [0.05, 0.1) is 6.42 Å². The summed E-state index contributed by atoms with van der Waals surface area (Å²) in [5.41, 5.74) is 0.446. The van der Waals surface area contributed by atoms with Gasteiger partial charge in [0, 0.05) is 0 Å². The van der Waals surface area contributed by atoms with Crippen LogP contribution in [0.2, 0.25) is 0 Å². The van der Waals surface area contributed by atoms with Crippen LogP contribution in [0.25, 0.3) is 0 Å². The third-order valence-corrected chi connectivity index (χ3v) is 1.80. The lowest BCUT2D eigenvalue weighted by molar-refractivity contribution is -0.746. The molecule has 0 aromatic carbocycles. The number of unbranched alkanes of at least 4 members (excludes halogenated alkanes) is 2. The van der Waals surface area contributed by atoms with E-state index in [9.17, 15) is 5.21 Å². The van der Waals surface area contributed by atoms with E-state index in [-0.39, 0.29) is 10.6 Å². The van der Waals surface area contributed by atoms with E-state index in [1.807, 2.05) is 0 Å². The fourth-order valence-electron chi connectivity index (χ4n) is 1.09. The van der Waals surface area contributed by atoms with Crippen LogP contribution < -0.4 is 5.16 Å². The van der Waals surface area contributed by atoms with Gasteiger partial charge in [-0.15, -0.1) is 0 Å². The Balaban J connectivity index is 2.49. The van der Waals surface area contributed by atoms with Crippen LogP contribution in [-0.2, 0) is 4.94 Å². The van der Waals surface area contributed by atoms with Crippen LogP contribution in [0.1, 0.15) is 32.6 Å². The summed E-state index contributed by atoms with van der Waals surface area (Å²) in [6, 6.07) is 1.76. The van der Waals surface area contributed by atoms with Gasteiger partial charge in [-0.2, -0.15) is 5.26 Å². The molecule has 0 N–H and O–H groups in total. The number of nitriles is 1. The van der Waals surface area contributed by atoms with E-state index in [0.29, 0.717) is 12.1 Å². The highest BCUT2D eigenvalue weighted by atomic mass is 16.9. The minimum atomic E-state index is -0.0175. The molecule has 1 heterocycles. The van der Waals surface area contributed by atoms with Crippen LogP contribution in [0.3, 0.4) is 0 Å². The predicted molar refractivity (Wildman–Crippen MR) is 46.6 cm³/mol. The molecule has 0 amide bonds. The Morgan fingerprint density at radius 3 is 3.00 bits per heavy atom. The molecular formula is C8H11N3O2+. The normalized spacial score (nSPS) is 15.2. The lowest BCUT2D eigenvalue weighted by Gasteiger charge is -1.87. The van der Waals surface area contributed by atoms with Gasteiger partial charge < -0.3 is 0 Å². The maximum atomic E-state index is 10.8. The first-order valence-corrected chi connectivity index (χ1v) is 4.28. The zero-order valence-electron chi connectivity index (χ0n) is 7.49. The van der Waals surface area contributed by atoms with Crippen molar-refractivity contribution in [3.8, 4) is 6.07 Å². The van der Waals surface area contributed by atoms with Gasteiger partial charge in [0.1, 0.15) is 4.90 Å². The van der Waals surface area contributed by atoms with E-state index in [1.54, 1.807) is 6.07 Å². The van der Waals surface area contributed by atoms with Gasteiger partial charge in [0.25, 0.3) is 5.16 Å². The average molecular weight is 181 g/mol. The molecule has 13 heavy (non-hydrogen) atoms. The molecule has 1 radical (unpaired) electrons. The summed E-state index contributed by atoms with van der Waals surface area (Å²) in [6.45, 7) is 2.09. The summed E-state index contributed by atoms with van der Waals surface area (Å²) in [6.07, 6.45) is 3.72. The molecule has 0 spiro atoms. The van der Waals surface area contributed by atoms with Crippen molar-refractivity contribution >= 4 is 11.4 Å². The van der Waals surface area contributed by atoms with E-state index in [1.165, 1.54) is 0 Å². The molecule has 1 rings (SSSR count). The van der Waals surface area contributed by atoms with Gasteiger partial charge in [-0.3, -0.25) is 5.21 Å². The zero-order chi connectivity index (χ0) is 9.68. The molecule has 1 aliphatic heterocycles. The Hall–Kier alpha value is -1.57. The predicted octanol–water partition coefficient (Wildman–Crippen LogP) is 0.679. The zero-order valence-corrected chi connectivity index (χ0v) is 7.49. The summed E-state index contributed by atoms with van der Waals surface area (Å²) in [7, 11) is 0. The van der Waals surface area contributed by atoms with Crippen molar-refractivity contribution in [2.24, 2.45) is 0 Å². The first kappa shape index (κ1) is 9.52. The lowest BCUT2D eigenvalue weighted by Crippen LogP contribution is -2.16. The number of rotatable bonds is 4. The average Bonchev–Trinajstić information content (AvgIpc) is 2.47. The summed E-state index contributed by atoms with van der Waals surface area (Å²) in [5, 5.41) is 22.9. The van der Waals surface area contributed by atoms with Crippen LogP contribution in [0.15, 0.2) is 0 Å². The van der Waals surface area contributed by atoms with Crippen LogP contribution in [0, 0.1) is 16.5 Å². The largest absolute Gasteiger partial charge is 0.426 e. The fourth-order valence-corrected chi connectivity index (χ4v) is 1.09. The number of oxime groups is 1. The van der Waals surface area contributed by atoms with E-state index >= 15 is 0 Å². The van der Waals surface area contributed by atoms with Gasteiger partial charge >= 0.3 is 11.4 Å². The molecule has 0 aromatic heterocycles. The second kappa shape index (κ2) is 4.45. The number of nitrogens with zero attached hydrogens (tertiary/aromatic N) is 3. The second-order valence-corrected chi connectivity index (χ2v) is 2.79. The second-order valence-electron chi connectivity index (χ2n) is 2.79. The van der Waals surface area contributed by atoms with Gasteiger partial charge in [-0.1, -0.05) is 24.7 Å². The standard InChI is InChI=1S/C8H11N3O2/c1-2-3-4-5-7-8(6-9)11(12)13-10-7/h2-5H2,1H3/q+1. The van der Waals surface area contributed by atoms with Crippen molar-refractivity contribution in [1.29, 1.82) is 5.26 Å². The van der Waals surface area contributed by atoms with Crippen LogP contribution in [0.5, 0.6) is 0 Å². The summed E-state index contributed by atoms with van der Waals surface area (Å²) in [5.74, 6) is 0. The van der Waals surface area contributed by atoms with Crippen molar-refractivity contribution in [2.45, 2.75) is 32.6 Å². The third-order valence-electron chi connectivity index (χ3n) is 1.80. The third kappa shape index (κ3) is 2.18. The Kier molecular flexibility index (Phi) is 3.26. The Morgan fingerprint density at radius 1 is 1.62 bits per heavy atom. The molecule has 0 fully saturated rings. The highest BCUT2D eigenvalue weighted by Gasteiger charge is 2.37. The Bertz CT molecular complexity index is 288. The molecule has 0 atom stereocenters. The molecule has 0 saturated carbocycles. The van der Waals surface area contributed by atoms with E-state index < -0.39 is 0 Å². The summed E-state index contributed by atoms with van der Waals surface area (Å²) >= 11 is 0. The lowest BCUT2D eigenvalue weighted by atomic mass is 10.1. The number of hydrogen-bond donors (Lipinski definition) is 0. The summed E-state index contributed by atoms with van der Waals surface area (Å²) in [4.78, 5) is 4.46. The summed E-state index contributed by atoms with van der Waals surface area (Å²) < 4.78 is 0. The molecule has 5 nitrogen and oxygen atoms in total. The Morgan fingerprint density at radius 2 is 2.38 bits per heavy atom. The molecule has 0 bridgehead atoms. The van der Waals surface area contributed by atoms with Gasteiger partial charge in [-0.05, 0) is 6.42 Å². The molecule has 0 aromatic rings. The van der Waals surface area contributed by atoms with Crippen LogP contribution in [0.4, 0.5) is 0 Å². The van der Waals surface area contributed by atoms with E-state index in [4.69, 9.17) is 5.26 Å². The minimum Gasteiger partial charge on any atom is -0.254 e. The SMILES string of the molecule is CCCCCC1=[N+]O[N+]([O-])=C1C#N. The highest BCUT2D eigenvalue weighted by molar-refractivity contribution is 6.45. The maximum Gasteiger partial charge on any atom is 0.426 e. The first-order chi connectivity index (χ1) is 6.29. The molecule has 0 saturated heterocycles. The number of hydrogen-bond acceptors (Lipinski definition) is 4. The molecule has 69 valence electrons. The van der Waals surface area contributed by atoms with E-state index in [0.717, 1.165) is 19.3 Å². The van der Waals surface area contributed by atoms with Crippen molar-refractivity contribution in [2.75, 3.05) is 0 Å². The first-order valence-electron chi connectivity index (χ1n) is 4.28. The molecule has 0 aliphatic carbocycles. The minimum absolute atomic E-state index is 0.0175. The van der Waals surface area contributed by atoms with Crippen molar-refractivity contribution in [3.05, 3.63) is 5.21 Å². The Labute approximate surface area is 76.5 Å². The molecule has 5 heteroatoms. The smallest absolute Gasteiger partial charge is 0.254 e. The van der Waals surface area contributed by atoms with Crippen molar-refractivity contribution in [3.63, 3.8) is 0 Å². The maximum absolute atomic E-state index is 10.8. The van der Waals surface area contributed by atoms with Crippen molar-refractivity contribution in [1.82, 2.24) is 5.16 Å². The fraction of sp³-hybridized carbons (Fsp3) is 0.625. The van der Waals surface area contributed by atoms with Gasteiger partial charge in [-0.25, -0.2) is 0 Å².